The molecule has 6 nitrogen and oxygen atoms in total. The minimum absolute atomic E-state index is 0.0856. The average molecular weight is 274 g/mol. The number of aryl methyl sites for hydroxylation is 1. The monoisotopic (exact) mass is 274 g/mol. The molecular formula is C14H18N4O2. The second-order valence-electron chi connectivity index (χ2n) is 4.56. The number of carbonyl (C=O) groups is 1. The molecule has 1 aromatic heterocycles. The van der Waals surface area contributed by atoms with Crippen LogP contribution in [0.4, 0.5) is 0 Å². The van der Waals surface area contributed by atoms with Crippen molar-refractivity contribution < 1.29 is 9.32 Å². The van der Waals surface area contributed by atoms with E-state index in [9.17, 15) is 4.79 Å². The minimum Gasteiger partial charge on any atom is -0.356 e. The number of nitrogens with two attached hydrogens (primary N) is 1. The summed E-state index contributed by atoms with van der Waals surface area (Å²) in [5.74, 6) is 1.03. The smallest absolute Gasteiger partial charge is 0.228 e. The van der Waals surface area contributed by atoms with Gasteiger partial charge in [0.25, 0.3) is 0 Å². The molecule has 0 spiro atoms. The van der Waals surface area contributed by atoms with Gasteiger partial charge in [0.2, 0.25) is 11.8 Å². The standard InChI is InChI=1S/C14H18N4O2/c1-10-17-14(20-18-10)7-8-16-13(19)9-12(15)11-5-3-2-4-6-11/h2-6,12H,7-9,15H2,1H3,(H,16,19). The molecule has 0 saturated carbocycles. The lowest BCUT2D eigenvalue weighted by Gasteiger charge is -2.11. The van der Waals surface area contributed by atoms with E-state index in [0.717, 1.165) is 5.56 Å². The van der Waals surface area contributed by atoms with Gasteiger partial charge in [0.15, 0.2) is 5.82 Å². The van der Waals surface area contributed by atoms with Crippen LogP contribution in [0.25, 0.3) is 0 Å². The van der Waals surface area contributed by atoms with Crippen LogP contribution >= 0.6 is 0 Å². The van der Waals surface area contributed by atoms with E-state index in [1.807, 2.05) is 30.3 Å². The molecule has 2 rings (SSSR count). The van der Waals surface area contributed by atoms with E-state index in [0.29, 0.717) is 24.7 Å². The van der Waals surface area contributed by atoms with Crippen molar-refractivity contribution in [3.8, 4) is 0 Å². The summed E-state index contributed by atoms with van der Waals surface area (Å²) in [6.45, 7) is 2.21. The molecule has 0 radical (unpaired) electrons. The second-order valence-corrected chi connectivity index (χ2v) is 4.56. The Morgan fingerprint density at radius 1 is 1.40 bits per heavy atom. The van der Waals surface area contributed by atoms with Gasteiger partial charge in [0.05, 0.1) is 0 Å². The summed E-state index contributed by atoms with van der Waals surface area (Å²) in [6, 6.07) is 9.28. The Labute approximate surface area is 117 Å². The quantitative estimate of drug-likeness (QED) is 0.823. The molecule has 0 aliphatic heterocycles. The molecule has 2 aromatic rings. The Hall–Kier alpha value is -2.21. The van der Waals surface area contributed by atoms with Crippen molar-refractivity contribution in [1.29, 1.82) is 0 Å². The summed E-state index contributed by atoms with van der Waals surface area (Å²) >= 11 is 0. The van der Waals surface area contributed by atoms with Crippen LogP contribution in [0.2, 0.25) is 0 Å². The number of amides is 1. The third-order valence-corrected chi connectivity index (χ3v) is 2.86. The minimum atomic E-state index is -0.290. The summed E-state index contributed by atoms with van der Waals surface area (Å²) in [6.07, 6.45) is 0.778. The van der Waals surface area contributed by atoms with E-state index in [1.54, 1.807) is 6.92 Å². The molecule has 1 heterocycles. The lowest BCUT2D eigenvalue weighted by Crippen LogP contribution is -2.29. The fourth-order valence-corrected chi connectivity index (χ4v) is 1.84. The van der Waals surface area contributed by atoms with Gasteiger partial charge in [-0.15, -0.1) is 0 Å². The molecule has 6 heteroatoms. The fourth-order valence-electron chi connectivity index (χ4n) is 1.84. The zero-order valence-electron chi connectivity index (χ0n) is 11.4. The average Bonchev–Trinajstić information content (AvgIpc) is 2.85. The van der Waals surface area contributed by atoms with Crippen LogP contribution < -0.4 is 11.1 Å². The predicted octanol–water partition coefficient (Wildman–Crippen LogP) is 1.13. The zero-order valence-corrected chi connectivity index (χ0v) is 11.4. The first-order valence-electron chi connectivity index (χ1n) is 6.51. The van der Waals surface area contributed by atoms with Gasteiger partial charge in [0.1, 0.15) is 0 Å². The molecule has 1 amide bonds. The number of benzene rings is 1. The Morgan fingerprint density at radius 2 is 2.15 bits per heavy atom. The van der Waals surface area contributed by atoms with E-state index >= 15 is 0 Å². The van der Waals surface area contributed by atoms with Gasteiger partial charge in [-0.25, -0.2) is 0 Å². The number of aromatic nitrogens is 2. The van der Waals surface area contributed by atoms with Gasteiger partial charge >= 0.3 is 0 Å². The van der Waals surface area contributed by atoms with Gasteiger partial charge in [-0.05, 0) is 12.5 Å². The van der Waals surface area contributed by atoms with Crippen molar-refractivity contribution in [1.82, 2.24) is 15.5 Å². The molecule has 1 unspecified atom stereocenters. The van der Waals surface area contributed by atoms with E-state index in [-0.39, 0.29) is 18.4 Å². The highest BCUT2D eigenvalue weighted by Gasteiger charge is 2.11. The maximum Gasteiger partial charge on any atom is 0.228 e. The highest BCUT2D eigenvalue weighted by molar-refractivity contribution is 5.76. The maximum absolute atomic E-state index is 11.8. The van der Waals surface area contributed by atoms with E-state index < -0.39 is 0 Å². The third-order valence-electron chi connectivity index (χ3n) is 2.86. The first-order valence-corrected chi connectivity index (χ1v) is 6.51. The Morgan fingerprint density at radius 3 is 2.80 bits per heavy atom. The molecule has 0 fully saturated rings. The number of carbonyl (C=O) groups excluding carboxylic acids is 1. The SMILES string of the molecule is Cc1noc(CCNC(=O)CC(N)c2ccccc2)n1. The molecule has 0 bridgehead atoms. The normalized spacial score (nSPS) is 12.1. The van der Waals surface area contributed by atoms with Gasteiger partial charge in [-0.3, -0.25) is 4.79 Å². The van der Waals surface area contributed by atoms with Gasteiger partial charge in [-0.2, -0.15) is 4.98 Å². The van der Waals surface area contributed by atoms with Crippen LogP contribution in [0.15, 0.2) is 34.9 Å². The number of hydrogen-bond acceptors (Lipinski definition) is 5. The molecule has 0 aliphatic carbocycles. The van der Waals surface area contributed by atoms with E-state index in [1.165, 1.54) is 0 Å². The first kappa shape index (κ1) is 14.2. The lowest BCUT2D eigenvalue weighted by atomic mass is 10.0. The van der Waals surface area contributed by atoms with Crippen molar-refractivity contribution >= 4 is 5.91 Å². The van der Waals surface area contributed by atoms with E-state index in [4.69, 9.17) is 10.3 Å². The van der Waals surface area contributed by atoms with Crippen LogP contribution in [0.3, 0.4) is 0 Å². The van der Waals surface area contributed by atoms with Gasteiger partial charge in [-0.1, -0.05) is 35.5 Å². The van der Waals surface area contributed by atoms with Crippen LogP contribution in [0, 0.1) is 6.92 Å². The topological polar surface area (TPSA) is 94.0 Å². The van der Waals surface area contributed by atoms with Crippen LogP contribution in [-0.2, 0) is 11.2 Å². The van der Waals surface area contributed by atoms with Gasteiger partial charge in [0, 0.05) is 25.4 Å². The Bertz CT molecular complexity index is 553. The summed E-state index contributed by atoms with van der Waals surface area (Å²) in [5.41, 5.74) is 6.93. The summed E-state index contributed by atoms with van der Waals surface area (Å²) in [5, 5.41) is 6.48. The number of rotatable bonds is 6. The number of nitrogens with zero attached hydrogens (tertiary/aromatic N) is 2. The van der Waals surface area contributed by atoms with Crippen molar-refractivity contribution in [2.75, 3.05) is 6.54 Å². The predicted molar refractivity (Wildman–Crippen MR) is 73.7 cm³/mol. The fraction of sp³-hybridized carbons (Fsp3) is 0.357. The van der Waals surface area contributed by atoms with Gasteiger partial charge < -0.3 is 15.6 Å². The molecule has 1 aromatic carbocycles. The molecule has 106 valence electrons. The molecule has 1 atom stereocenters. The molecule has 0 aliphatic rings. The molecule has 3 N–H and O–H groups in total. The number of hydrogen-bond donors (Lipinski definition) is 2. The Kier molecular flexibility index (Phi) is 4.84. The molecule has 20 heavy (non-hydrogen) atoms. The Balaban J connectivity index is 1.73. The highest BCUT2D eigenvalue weighted by Crippen LogP contribution is 2.12. The summed E-state index contributed by atoms with van der Waals surface area (Å²) in [7, 11) is 0. The van der Waals surface area contributed by atoms with Crippen LogP contribution in [0.5, 0.6) is 0 Å². The van der Waals surface area contributed by atoms with Crippen molar-refractivity contribution in [2.45, 2.75) is 25.8 Å². The van der Waals surface area contributed by atoms with Crippen LogP contribution in [0.1, 0.15) is 29.7 Å². The highest BCUT2D eigenvalue weighted by atomic mass is 16.5. The summed E-state index contributed by atoms with van der Waals surface area (Å²) < 4.78 is 4.96. The van der Waals surface area contributed by atoms with Crippen molar-refractivity contribution in [3.05, 3.63) is 47.6 Å². The van der Waals surface area contributed by atoms with E-state index in [2.05, 4.69) is 15.5 Å². The molecular weight excluding hydrogens is 256 g/mol. The zero-order chi connectivity index (χ0) is 14.4. The largest absolute Gasteiger partial charge is 0.356 e. The lowest BCUT2D eigenvalue weighted by molar-refractivity contribution is -0.121. The molecule has 0 saturated heterocycles. The second kappa shape index (κ2) is 6.81. The van der Waals surface area contributed by atoms with Crippen molar-refractivity contribution in [2.24, 2.45) is 5.73 Å². The number of nitrogens with one attached hydrogen (secondary N) is 1. The summed E-state index contributed by atoms with van der Waals surface area (Å²) in [4.78, 5) is 15.8. The first-order chi connectivity index (χ1) is 9.65. The van der Waals surface area contributed by atoms with Crippen LogP contribution in [-0.4, -0.2) is 22.6 Å². The van der Waals surface area contributed by atoms with Crippen molar-refractivity contribution in [3.63, 3.8) is 0 Å². The maximum atomic E-state index is 11.8. The third kappa shape index (κ3) is 4.17.